The molecule has 4 aromatic heterocycles. The van der Waals surface area contributed by atoms with Crippen molar-refractivity contribution in [1.82, 2.24) is 19.9 Å². The molecule has 3 saturated carbocycles. The van der Waals surface area contributed by atoms with E-state index in [1.54, 1.807) is 11.3 Å². The van der Waals surface area contributed by atoms with Gasteiger partial charge in [0.25, 0.3) is 6.47 Å². The zero-order chi connectivity index (χ0) is 22.9. The Hall–Kier alpha value is -3.11. The van der Waals surface area contributed by atoms with E-state index in [1.165, 1.54) is 38.2 Å². The third-order valence-electron chi connectivity index (χ3n) is 6.77. The first kappa shape index (κ1) is 21.7. The Bertz CT molecular complexity index is 1300. The molecule has 172 valence electrons. The topological polar surface area (TPSA) is 124 Å². The number of aromatic nitrogens is 4. The number of hydrogen-bond acceptors (Lipinski definition) is 7. The minimum absolute atomic E-state index is 0.228. The molecule has 7 rings (SSSR count). The minimum Gasteiger partial charge on any atom is -0.483 e. The number of hydrogen-bond donors (Lipinski definition) is 4. The Kier molecular flexibility index (Phi) is 5.94. The largest absolute Gasteiger partial charge is 0.483 e. The van der Waals surface area contributed by atoms with Crippen LogP contribution in [0.4, 0.5) is 10.2 Å². The molecule has 0 aromatic carbocycles. The molecule has 2 bridgehead atoms. The molecule has 4 aromatic rings. The third kappa shape index (κ3) is 4.04. The Morgan fingerprint density at radius 3 is 2.73 bits per heavy atom. The SMILES string of the molecule is O=CO.OCc1[nH]c2ncc(F)cc2c1-c1nc(NC2CC3CCC2CC3)c2ccsc2n1. The van der Waals surface area contributed by atoms with Gasteiger partial charge in [0.15, 0.2) is 5.82 Å². The van der Waals surface area contributed by atoms with Crippen molar-refractivity contribution in [1.29, 1.82) is 0 Å². The molecule has 10 heteroatoms. The first-order valence-corrected chi connectivity index (χ1v) is 11.9. The Balaban J connectivity index is 0.000000724. The maximum Gasteiger partial charge on any atom is 0.290 e. The summed E-state index contributed by atoms with van der Waals surface area (Å²) in [6.45, 7) is -0.478. The monoisotopic (exact) mass is 469 g/mol. The lowest BCUT2D eigenvalue weighted by atomic mass is 9.68. The van der Waals surface area contributed by atoms with Gasteiger partial charge in [0, 0.05) is 11.4 Å². The van der Waals surface area contributed by atoms with Crippen LogP contribution in [0.2, 0.25) is 0 Å². The number of nitrogens with one attached hydrogen (secondary N) is 2. The number of nitrogens with zero attached hydrogens (tertiary/aromatic N) is 3. The minimum atomic E-state index is -0.430. The standard InChI is InChI=1S/C22H22FN5OS.CH2O2/c23-13-8-15-18(17(10-29)26-19(15)24-9-13)21-27-20(14-5-6-30-22(14)28-21)25-16-7-11-1-3-12(16)4-2-11;2-1-3/h5-6,8-9,11-12,16,29H,1-4,7,10H2,(H,24,26)(H,25,27,28);1H,(H,2,3). The number of carboxylic acid groups (broad SMARTS) is 1. The molecule has 4 heterocycles. The molecule has 33 heavy (non-hydrogen) atoms. The molecule has 1 atom stereocenters. The van der Waals surface area contributed by atoms with Gasteiger partial charge in [0.05, 0.1) is 29.4 Å². The summed E-state index contributed by atoms with van der Waals surface area (Å²) in [5.41, 5.74) is 1.68. The predicted molar refractivity (Wildman–Crippen MR) is 125 cm³/mol. The Morgan fingerprint density at radius 2 is 2.03 bits per heavy atom. The maximum atomic E-state index is 13.9. The lowest BCUT2D eigenvalue weighted by Crippen LogP contribution is -2.40. The average Bonchev–Trinajstić information content (AvgIpc) is 3.44. The van der Waals surface area contributed by atoms with Gasteiger partial charge in [-0.1, -0.05) is 12.8 Å². The van der Waals surface area contributed by atoms with Gasteiger partial charge in [-0.05, 0) is 48.6 Å². The lowest BCUT2D eigenvalue weighted by molar-refractivity contribution is -0.122. The van der Waals surface area contributed by atoms with Gasteiger partial charge < -0.3 is 20.5 Å². The Labute approximate surface area is 192 Å². The highest BCUT2D eigenvalue weighted by atomic mass is 32.1. The van der Waals surface area contributed by atoms with Gasteiger partial charge in [0.2, 0.25) is 0 Å². The van der Waals surface area contributed by atoms with E-state index in [2.05, 4.69) is 21.4 Å². The molecular formula is C23H24FN5O3S. The van der Waals surface area contributed by atoms with E-state index in [4.69, 9.17) is 19.9 Å². The zero-order valence-electron chi connectivity index (χ0n) is 17.8. The normalized spacial score (nSPS) is 21.7. The smallest absolute Gasteiger partial charge is 0.290 e. The summed E-state index contributed by atoms with van der Waals surface area (Å²) in [5.74, 6) is 2.39. The molecule has 3 aliphatic carbocycles. The molecule has 0 aliphatic heterocycles. The number of pyridine rings is 1. The molecular weight excluding hydrogens is 445 g/mol. The second kappa shape index (κ2) is 9.03. The van der Waals surface area contributed by atoms with Gasteiger partial charge in [0.1, 0.15) is 22.1 Å². The van der Waals surface area contributed by atoms with Crippen LogP contribution in [-0.2, 0) is 11.4 Å². The number of rotatable bonds is 4. The second-order valence-electron chi connectivity index (χ2n) is 8.59. The van der Waals surface area contributed by atoms with E-state index in [0.29, 0.717) is 40.1 Å². The number of anilines is 1. The fourth-order valence-electron chi connectivity index (χ4n) is 5.28. The highest BCUT2D eigenvalue weighted by Gasteiger charge is 2.36. The van der Waals surface area contributed by atoms with Gasteiger partial charge >= 0.3 is 0 Å². The van der Waals surface area contributed by atoms with E-state index in [1.807, 2.05) is 5.38 Å². The first-order valence-electron chi connectivity index (χ1n) is 11.0. The highest BCUT2D eigenvalue weighted by molar-refractivity contribution is 7.16. The van der Waals surface area contributed by atoms with Gasteiger partial charge in [-0.15, -0.1) is 11.3 Å². The summed E-state index contributed by atoms with van der Waals surface area (Å²) in [7, 11) is 0. The summed E-state index contributed by atoms with van der Waals surface area (Å²) >= 11 is 1.56. The van der Waals surface area contributed by atoms with Crippen LogP contribution in [0.3, 0.4) is 0 Å². The van der Waals surface area contributed by atoms with Crippen LogP contribution in [0.5, 0.6) is 0 Å². The van der Waals surface area contributed by atoms with Crippen molar-refractivity contribution in [2.75, 3.05) is 5.32 Å². The van der Waals surface area contributed by atoms with Crippen LogP contribution >= 0.6 is 11.3 Å². The number of H-pyrrole nitrogens is 1. The molecule has 0 spiro atoms. The third-order valence-corrected chi connectivity index (χ3v) is 7.58. The number of carbonyl (C=O) groups is 1. The van der Waals surface area contributed by atoms with Crippen LogP contribution in [0.25, 0.3) is 32.6 Å². The molecule has 0 saturated heterocycles. The van der Waals surface area contributed by atoms with Crippen molar-refractivity contribution in [3.05, 3.63) is 35.2 Å². The molecule has 4 N–H and O–H groups in total. The van der Waals surface area contributed by atoms with Crippen molar-refractivity contribution >= 4 is 44.9 Å². The number of aliphatic hydroxyl groups is 1. The van der Waals surface area contributed by atoms with Gasteiger partial charge in [-0.2, -0.15) is 0 Å². The van der Waals surface area contributed by atoms with Crippen molar-refractivity contribution < 1.29 is 19.4 Å². The summed E-state index contributed by atoms with van der Waals surface area (Å²) in [6, 6.07) is 3.90. The fraction of sp³-hybridized carbons (Fsp3) is 0.391. The summed E-state index contributed by atoms with van der Waals surface area (Å²) in [5, 5.41) is 24.1. The fourth-order valence-corrected chi connectivity index (χ4v) is 6.04. The van der Waals surface area contributed by atoms with E-state index >= 15 is 0 Å². The van der Waals surface area contributed by atoms with E-state index in [9.17, 15) is 9.50 Å². The number of aromatic amines is 1. The van der Waals surface area contributed by atoms with Crippen LogP contribution in [0, 0.1) is 17.7 Å². The maximum absolute atomic E-state index is 13.9. The number of fused-ring (bicyclic) bond motifs is 5. The van der Waals surface area contributed by atoms with Crippen LogP contribution in [0.1, 0.15) is 37.8 Å². The van der Waals surface area contributed by atoms with E-state index in [0.717, 1.165) is 28.1 Å². The van der Waals surface area contributed by atoms with Crippen molar-refractivity contribution in [3.63, 3.8) is 0 Å². The molecule has 0 amide bonds. The molecule has 8 nitrogen and oxygen atoms in total. The predicted octanol–water partition coefficient (Wildman–Crippen LogP) is 4.56. The number of thiophene rings is 1. The molecule has 3 aliphatic rings. The van der Waals surface area contributed by atoms with Crippen LogP contribution < -0.4 is 5.32 Å². The van der Waals surface area contributed by atoms with Crippen LogP contribution in [-0.4, -0.2) is 42.7 Å². The highest BCUT2D eigenvalue weighted by Crippen LogP contribution is 2.43. The zero-order valence-corrected chi connectivity index (χ0v) is 18.6. The number of aliphatic hydroxyl groups excluding tert-OH is 1. The quantitative estimate of drug-likeness (QED) is 0.323. The Morgan fingerprint density at radius 1 is 1.24 bits per heavy atom. The van der Waals surface area contributed by atoms with E-state index in [-0.39, 0.29) is 13.1 Å². The summed E-state index contributed by atoms with van der Waals surface area (Å²) in [6.07, 6.45) is 7.63. The number of halogens is 1. The average molecular weight is 470 g/mol. The van der Waals surface area contributed by atoms with Crippen molar-refractivity contribution in [2.24, 2.45) is 11.8 Å². The second-order valence-corrected chi connectivity index (χ2v) is 9.49. The van der Waals surface area contributed by atoms with Crippen molar-refractivity contribution in [3.8, 4) is 11.4 Å². The summed E-state index contributed by atoms with van der Waals surface area (Å²) in [4.78, 5) is 26.1. The van der Waals surface area contributed by atoms with Gasteiger partial charge in [-0.3, -0.25) is 4.79 Å². The summed E-state index contributed by atoms with van der Waals surface area (Å²) < 4.78 is 13.9. The van der Waals surface area contributed by atoms with Crippen molar-refractivity contribution in [2.45, 2.75) is 44.8 Å². The molecule has 1 unspecified atom stereocenters. The van der Waals surface area contributed by atoms with E-state index < -0.39 is 5.82 Å². The van der Waals surface area contributed by atoms with Gasteiger partial charge in [-0.25, -0.2) is 19.3 Å². The molecule has 0 radical (unpaired) electrons. The van der Waals surface area contributed by atoms with Crippen LogP contribution in [0.15, 0.2) is 23.7 Å². The molecule has 3 fully saturated rings. The lowest BCUT2D eigenvalue weighted by Gasteiger charge is -2.42. The first-order chi connectivity index (χ1) is 16.1.